The van der Waals surface area contributed by atoms with Crippen LogP contribution in [-0.4, -0.2) is 36.3 Å². The molecule has 0 aromatic heterocycles. The summed E-state index contributed by atoms with van der Waals surface area (Å²) in [5.41, 5.74) is 0.348. The molecule has 254 valence electrons. The summed E-state index contributed by atoms with van der Waals surface area (Å²) in [6, 6.07) is 17.7. The fourth-order valence-corrected chi connectivity index (χ4v) is 4.82. The Balaban J connectivity index is 1.58. The Hall–Kier alpha value is -4.34. The van der Waals surface area contributed by atoms with Gasteiger partial charge < -0.3 is 18.9 Å². The molecule has 0 aliphatic heterocycles. The Morgan fingerprint density at radius 3 is 1.77 bits per heavy atom. The third-order valence-electron chi connectivity index (χ3n) is 7.43. The van der Waals surface area contributed by atoms with E-state index in [0.29, 0.717) is 24.2 Å². The van der Waals surface area contributed by atoms with Crippen molar-refractivity contribution >= 4 is 17.9 Å². The highest BCUT2D eigenvalue weighted by Gasteiger charge is 2.42. The number of esters is 3. The van der Waals surface area contributed by atoms with Gasteiger partial charge >= 0.3 is 24.1 Å². The summed E-state index contributed by atoms with van der Waals surface area (Å²) < 4.78 is 62.0. The predicted octanol–water partition coefficient (Wildman–Crippen LogP) is 9.92. The van der Waals surface area contributed by atoms with Crippen molar-refractivity contribution in [1.29, 1.82) is 0 Å². The zero-order chi connectivity index (χ0) is 34.2. The fourth-order valence-electron chi connectivity index (χ4n) is 4.82. The van der Waals surface area contributed by atoms with Crippen molar-refractivity contribution in [1.82, 2.24) is 0 Å². The maximum absolute atomic E-state index is 13.4. The van der Waals surface area contributed by atoms with Crippen molar-refractivity contribution in [3.8, 4) is 17.2 Å². The highest BCUT2D eigenvalue weighted by molar-refractivity contribution is 5.94. The van der Waals surface area contributed by atoms with E-state index in [9.17, 15) is 27.6 Å². The van der Waals surface area contributed by atoms with Crippen molar-refractivity contribution in [3.05, 3.63) is 89.5 Å². The number of para-hydroxylation sites is 1. The van der Waals surface area contributed by atoms with Crippen molar-refractivity contribution < 1.29 is 46.5 Å². The van der Waals surface area contributed by atoms with Crippen molar-refractivity contribution in [3.63, 3.8) is 0 Å². The second kappa shape index (κ2) is 18.7. The number of hydrogen-bond donors (Lipinski definition) is 0. The lowest BCUT2D eigenvalue weighted by atomic mass is 10.1. The van der Waals surface area contributed by atoms with E-state index in [4.69, 9.17) is 18.9 Å². The van der Waals surface area contributed by atoms with Crippen LogP contribution in [0.15, 0.2) is 72.8 Å². The van der Waals surface area contributed by atoms with E-state index in [1.165, 1.54) is 48.5 Å². The number of alkyl halides is 3. The quantitative estimate of drug-likeness (QED) is 0.0765. The van der Waals surface area contributed by atoms with Gasteiger partial charge in [0.05, 0.1) is 17.2 Å². The van der Waals surface area contributed by atoms with E-state index < -0.39 is 30.2 Å². The molecule has 2 unspecified atom stereocenters. The normalized spacial score (nSPS) is 12.6. The Labute approximate surface area is 274 Å². The van der Waals surface area contributed by atoms with Crippen LogP contribution in [0.1, 0.15) is 116 Å². The minimum atomic E-state index is -4.67. The molecule has 0 saturated heterocycles. The Kier molecular flexibility index (Phi) is 14.8. The van der Waals surface area contributed by atoms with Crippen LogP contribution in [0.5, 0.6) is 17.2 Å². The average Bonchev–Trinajstić information content (AvgIpc) is 3.05. The molecule has 0 bridgehead atoms. The highest BCUT2D eigenvalue weighted by atomic mass is 19.4. The minimum Gasteiger partial charge on any atom is -0.490 e. The molecule has 0 N–H and O–H groups in total. The SMILES string of the molecule is CCCCCCC(OC(=O)c1ccc(OC(=O)c2ccc(OC(=O)c3ccccc3OC(CCC)CCCC)cc2)cc1)C(F)(F)F. The zero-order valence-corrected chi connectivity index (χ0v) is 27.1. The van der Waals surface area contributed by atoms with E-state index in [1.54, 1.807) is 24.3 Å². The van der Waals surface area contributed by atoms with Gasteiger partial charge in [-0.3, -0.25) is 0 Å². The number of carbonyl (C=O) groups excluding carboxylic acids is 3. The molecule has 0 amide bonds. The summed E-state index contributed by atoms with van der Waals surface area (Å²) in [7, 11) is 0. The lowest BCUT2D eigenvalue weighted by Gasteiger charge is -2.20. The van der Waals surface area contributed by atoms with Crippen LogP contribution in [-0.2, 0) is 4.74 Å². The largest absolute Gasteiger partial charge is 0.490 e. The van der Waals surface area contributed by atoms with Crippen LogP contribution >= 0.6 is 0 Å². The molecule has 0 saturated carbocycles. The molecule has 0 heterocycles. The first-order chi connectivity index (χ1) is 22.5. The van der Waals surface area contributed by atoms with Gasteiger partial charge in [-0.15, -0.1) is 0 Å². The summed E-state index contributed by atoms with van der Waals surface area (Å²) in [5.74, 6) is -1.70. The molecule has 0 fully saturated rings. The second-order valence-electron chi connectivity index (χ2n) is 11.3. The Morgan fingerprint density at radius 1 is 0.617 bits per heavy atom. The number of unbranched alkanes of at least 4 members (excludes halogenated alkanes) is 4. The minimum absolute atomic E-state index is 0.00364. The van der Waals surface area contributed by atoms with E-state index in [2.05, 4.69) is 13.8 Å². The number of ether oxygens (including phenoxy) is 4. The van der Waals surface area contributed by atoms with Gasteiger partial charge in [0.15, 0.2) is 6.10 Å². The maximum atomic E-state index is 13.4. The summed E-state index contributed by atoms with van der Waals surface area (Å²) in [5, 5.41) is 0. The van der Waals surface area contributed by atoms with Crippen molar-refractivity contribution in [2.75, 3.05) is 0 Å². The van der Waals surface area contributed by atoms with Crippen LogP contribution in [0.3, 0.4) is 0 Å². The number of benzene rings is 3. The maximum Gasteiger partial charge on any atom is 0.425 e. The van der Waals surface area contributed by atoms with Gasteiger partial charge in [0.25, 0.3) is 0 Å². The van der Waals surface area contributed by atoms with Gasteiger partial charge in [-0.05, 0) is 86.3 Å². The number of halogens is 3. The number of hydrogen-bond acceptors (Lipinski definition) is 7. The van der Waals surface area contributed by atoms with Crippen LogP contribution < -0.4 is 14.2 Å². The molecule has 7 nitrogen and oxygen atoms in total. The molecule has 3 aromatic rings. The third kappa shape index (κ3) is 12.1. The molecule has 3 aromatic carbocycles. The fraction of sp³-hybridized carbons (Fsp3) is 0.432. The van der Waals surface area contributed by atoms with E-state index in [1.807, 2.05) is 6.92 Å². The van der Waals surface area contributed by atoms with E-state index in [-0.39, 0.29) is 35.2 Å². The predicted molar refractivity (Wildman–Crippen MR) is 172 cm³/mol. The Bertz CT molecular complexity index is 1420. The first kappa shape index (κ1) is 37.1. The summed E-state index contributed by atoms with van der Waals surface area (Å²) in [6.07, 6.45) is 0.230. The molecule has 0 aliphatic rings. The average molecular weight is 657 g/mol. The molecule has 0 radical (unpaired) electrons. The standard InChI is InChI=1S/C37H43F3O7/c1-4-7-9-10-17-33(37(38,39)40)47-35(42)27-20-22-29(23-21-27)45-34(41)26-18-24-30(25-19-26)46-36(43)31-15-11-12-16-32(31)44-28(13-6-3)14-8-5-2/h11-12,15-16,18-25,28,33H,4-10,13-14,17H2,1-3H3. The van der Waals surface area contributed by atoms with Crippen LogP contribution in [0.25, 0.3) is 0 Å². The molecule has 0 aliphatic carbocycles. The molecule has 47 heavy (non-hydrogen) atoms. The third-order valence-corrected chi connectivity index (χ3v) is 7.43. The second-order valence-corrected chi connectivity index (χ2v) is 11.3. The monoisotopic (exact) mass is 656 g/mol. The smallest absolute Gasteiger partial charge is 0.425 e. The molecule has 10 heteroatoms. The van der Waals surface area contributed by atoms with Gasteiger partial charge in [0.1, 0.15) is 22.8 Å². The highest BCUT2D eigenvalue weighted by Crippen LogP contribution is 2.29. The van der Waals surface area contributed by atoms with E-state index >= 15 is 0 Å². The molecule has 2 atom stereocenters. The first-order valence-corrected chi connectivity index (χ1v) is 16.2. The number of rotatable bonds is 18. The summed E-state index contributed by atoms with van der Waals surface area (Å²) >= 11 is 0. The van der Waals surface area contributed by atoms with Gasteiger partial charge in [-0.2, -0.15) is 13.2 Å². The number of carbonyl (C=O) groups is 3. The van der Waals surface area contributed by atoms with Crippen LogP contribution in [0.2, 0.25) is 0 Å². The molecular formula is C37H43F3O7. The zero-order valence-electron chi connectivity index (χ0n) is 27.1. The lowest BCUT2D eigenvalue weighted by molar-refractivity contribution is -0.206. The van der Waals surface area contributed by atoms with Crippen molar-refractivity contribution in [2.45, 2.75) is 103 Å². The van der Waals surface area contributed by atoms with Gasteiger partial charge in [-0.25, -0.2) is 14.4 Å². The van der Waals surface area contributed by atoms with Crippen molar-refractivity contribution in [2.24, 2.45) is 0 Å². The molecular weight excluding hydrogens is 613 g/mol. The van der Waals surface area contributed by atoms with Gasteiger partial charge in [0, 0.05) is 0 Å². The Morgan fingerprint density at radius 2 is 1.19 bits per heavy atom. The van der Waals surface area contributed by atoms with Crippen LogP contribution in [0.4, 0.5) is 13.2 Å². The first-order valence-electron chi connectivity index (χ1n) is 16.2. The summed E-state index contributed by atoms with van der Waals surface area (Å²) in [6.45, 7) is 6.16. The molecule has 0 spiro atoms. The summed E-state index contributed by atoms with van der Waals surface area (Å²) in [4.78, 5) is 38.1. The van der Waals surface area contributed by atoms with Gasteiger partial charge in [0.2, 0.25) is 0 Å². The van der Waals surface area contributed by atoms with Gasteiger partial charge in [-0.1, -0.05) is 71.4 Å². The van der Waals surface area contributed by atoms with E-state index in [0.717, 1.165) is 44.9 Å². The topological polar surface area (TPSA) is 88.1 Å². The van der Waals surface area contributed by atoms with Crippen LogP contribution in [0, 0.1) is 0 Å². The molecule has 3 rings (SSSR count). The lowest BCUT2D eigenvalue weighted by Crippen LogP contribution is -2.33.